The van der Waals surface area contributed by atoms with Crippen LogP contribution in [0.15, 0.2) is 53.4 Å². The Kier molecular flexibility index (Phi) is 5.42. The Morgan fingerprint density at radius 3 is 2.57 bits per heavy atom. The number of hydrogen-bond donors (Lipinski definition) is 1. The van der Waals surface area contributed by atoms with Crippen molar-refractivity contribution in [2.45, 2.75) is 4.90 Å². The van der Waals surface area contributed by atoms with Crippen molar-refractivity contribution in [2.75, 3.05) is 11.6 Å². The molecule has 21 heavy (non-hydrogen) atoms. The zero-order chi connectivity index (χ0) is 15.2. The third-order valence-electron chi connectivity index (χ3n) is 2.73. The third-order valence-corrected chi connectivity index (χ3v) is 3.79. The number of carbonyl (C=O) groups excluding carboxylic acids is 1. The molecule has 0 heterocycles. The van der Waals surface area contributed by atoms with Crippen LogP contribution >= 0.6 is 23.4 Å². The molecule has 0 spiro atoms. The normalized spacial score (nSPS) is 10.8. The number of carbonyl (C=O) groups is 1. The van der Waals surface area contributed by atoms with E-state index in [2.05, 4.69) is 5.32 Å². The minimum Gasteiger partial charge on any atom is -0.321 e. The first-order chi connectivity index (χ1) is 10.1. The molecule has 108 valence electrons. The van der Waals surface area contributed by atoms with Crippen LogP contribution in [0.4, 0.5) is 10.1 Å². The van der Waals surface area contributed by atoms with Crippen molar-refractivity contribution in [3.8, 4) is 0 Å². The van der Waals surface area contributed by atoms with Crippen molar-refractivity contribution >= 4 is 41.0 Å². The minimum atomic E-state index is -0.442. The first-order valence-electron chi connectivity index (χ1n) is 6.16. The average Bonchev–Trinajstić information content (AvgIpc) is 2.48. The quantitative estimate of drug-likeness (QED) is 0.644. The average molecular weight is 322 g/mol. The van der Waals surface area contributed by atoms with Gasteiger partial charge in [0.05, 0.1) is 10.7 Å². The fraction of sp³-hybridized carbons (Fsp3) is 0.0625. The lowest BCUT2D eigenvalue weighted by molar-refractivity contribution is -0.111. The minimum absolute atomic E-state index is 0.168. The molecule has 0 saturated heterocycles. The number of hydrogen-bond acceptors (Lipinski definition) is 2. The van der Waals surface area contributed by atoms with Gasteiger partial charge in [-0.3, -0.25) is 4.79 Å². The van der Waals surface area contributed by atoms with E-state index in [4.69, 9.17) is 11.6 Å². The zero-order valence-corrected chi connectivity index (χ0v) is 12.8. The summed E-state index contributed by atoms with van der Waals surface area (Å²) in [7, 11) is 0. The second-order valence-corrected chi connectivity index (χ2v) is 5.51. The smallest absolute Gasteiger partial charge is 0.248 e. The molecule has 2 aromatic rings. The SMILES string of the molecule is CSc1ccc(/C=C/C(=O)Nc2ccc(F)cc2Cl)cc1. The Morgan fingerprint density at radius 1 is 1.24 bits per heavy atom. The van der Waals surface area contributed by atoms with E-state index in [0.717, 1.165) is 16.5 Å². The van der Waals surface area contributed by atoms with Gasteiger partial charge in [-0.15, -0.1) is 11.8 Å². The highest BCUT2D eigenvalue weighted by Gasteiger charge is 2.04. The first kappa shape index (κ1) is 15.6. The highest BCUT2D eigenvalue weighted by Crippen LogP contribution is 2.22. The summed E-state index contributed by atoms with van der Waals surface area (Å²) < 4.78 is 12.9. The standard InChI is InChI=1S/C16H13ClFNOS/c1-21-13-6-2-11(3-7-13)4-9-16(20)19-15-8-5-12(18)10-14(15)17/h2-10H,1H3,(H,19,20)/b9-4+. The largest absolute Gasteiger partial charge is 0.321 e. The fourth-order valence-corrected chi connectivity index (χ4v) is 2.27. The van der Waals surface area contributed by atoms with E-state index in [-0.39, 0.29) is 10.9 Å². The molecule has 1 N–H and O–H groups in total. The molecule has 2 nitrogen and oxygen atoms in total. The van der Waals surface area contributed by atoms with Crippen LogP contribution in [0, 0.1) is 5.82 Å². The predicted octanol–water partition coefficient (Wildman–Crippen LogP) is 4.85. The van der Waals surface area contributed by atoms with Crippen LogP contribution in [0.2, 0.25) is 5.02 Å². The van der Waals surface area contributed by atoms with Gasteiger partial charge in [-0.1, -0.05) is 23.7 Å². The van der Waals surface area contributed by atoms with Gasteiger partial charge in [0.25, 0.3) is 0 Å². The van der Waals surface area contributed by atoms with Crippen LogP contribution < -0.4 is 5.32 Å². The number of anilines is 1. The maximum Gasteiger partial charge on any atom is 0.248 e. The monoisotopic (exact) mass is 321 g/mol. The van der Waals surface area contributed by atoms with Gasteiger partial charge in [-0.25, -0.2) is 4.39 Å². The maximum atomic E-state index is 12.9. The lowest BCUT2D eigenvalue weighted by atomic mass is 10.2. The summed E-state index contributed by atoms with van der Waals surface area (Å²) in [4.78, 5) is 13.0. The molecule has 2 rings (SSSR count). The van der Waals surface area contributed by atoms with Gasteiger partial charge in [0.15, 0.2) is 0 Å². The number of halogens is 2. The molecule has 0 bridgehead atoms. The number of amides is 1. The molecule has 0 aliphatic carbocycles. The summed E-state index contributed by atoms with van der Waals surface area (Å²) in [6.45, 7) is 0. The van der Waals surface area contributed by atoms with Crippen molar-refractivity contribution in [1.29, 1.82) is 0 Å². The van der Waals surface area contributed by atoms with E-state index in [9.17, 15) is 9.18 Å². The summed E-state index contributed by atoms with van der Waals surface area (Å²) in [5, 5.41) is 2.77. The molecule has 0 aliphatic rings. The van der Waals surface area contributed by atoms with Crippen molar-refractivity contribution in [2.24, 2.45) is 0 Å². The molecule has 2 aromatic carbocycles. The van der Waals surface area contributed by atoms with Gasteiger partial charge < -0.3 is 5.32 Å². The fourth-order valence-electron chi connectivity index (χ4n) is 1.65. The summed E-state index contributed by atoms with van der Waals surface area (Å²) >= 11 is 7.50. The van der Waals surface area contributed by atoms with E-state index in [1.54, 1.807) is 17.8 Å². The van der Waals surface area contributed by atoms with E-state index < -0.39 is 5.82 Å². The van der Waals surface area contributed by atoms with E-state index in [1.807, 2.05) is 30.5 Å². The predicted molar refractivity (Wildman–Crippen MR) is 87.3 cm³/mol. The highest BCUT2D eigenvalue weighted by atomic mass is 35.5. The van der Waals surface area contributed by atoms with Crippen LogP contribution in [0.1, 0.15) is 5.56 Å². The van der Waals surface area contributed by atoms with Crippen molar-refractivity contribution < 1.29 is 9.18 Å². The number of nitrogens with one attached hydrogen (secondary N) is 1. The van der Waals surface area contributed by atoms with Crippen LogP contribution in [0.5, 0.6) is 0 Å². The van der Waals surface area contributed by atoms with Crippen molar-refractivity contribution in [1.82, 2.24) is 0 Å². The van der Waals surface area contributed by atoms with Gasteiger partial charge in [-0.2, -0.15) is 0 Å². The van der Waals surface area contributed by atoms with E-state index in [1.165, 1.54) is 18.2 Å². The summed E-state index contributed by atoms with van der Waals surface area (Å²) in [6.07, 6.45) is 5.12. The molecule has 0 unspecified atom stereocenters. The summed E-state index contributed by atoms with van der Waals surface area (Å²) in [5.74, 6) is -0.764. The van der Waals surface area contributed by atoms with Crippen LogP contribution in [0.25, 0.3) is 6.08 Å². The van der Waals surface area contributed by atoms with Crippen LogP contribution in [-0.2, 0) is 4.79 Å². The summed E-state index contributed by atoms with van der Waals surface area (Å²) in [5.41, 5.74) is 1.30. The Balaban J connectivity index is 2.01. The highest BCUT2D eigenvalue weighted by molar-refractivity contribution is 7.98. The van der Waals surface area contributed by atoms with Crippen molar-refractivity contribution in [3.63, 3.8) is 0 Å². The molecule has 0 aromatic heterocycles. The van der Waals surface area contributed by atoms with Crippen LogP contribution in [-0.4, -0.2) is 12.2 Å². The lowest BCUT2D eigenvalue weighted by Gasteiger charge is -2.04. The van der Waals surface area contributed by atoms with Gasteiger partial charge in [0, 0.05) is 11.0 Å². The molecule has 0 radical (unpaired) electrons. The molecule has 1 amide bonds. The molecular formula is C16H13ClFNOS. The van der Waals surface area contributed by atoms with Gasteiger partial charge in [-0.05, 0) is 48.2 Å². The second kappa shape index (κ2) is 7.29. The lowest BCUT2D eigenvalue weighted by Crippen LogP contribution is -2.08. The third kappa shape index (κ3) is 4.62. The molecule has 0 saturated carbocycles. The molecular weight excluding hydrogens is 309 g/mol. The topological polar surface area (TPSA) is 29.1 Å². The maximum absolute atomic E-state index is 12.9. The molecule has 0 fully saturated rings. The zero-order valence-electron chi connectivity index (χ0n) is 11.3. The molecule has 5 heteroatoms. The first-order valence-corrected chi connectivity index (χ1v) is 7.77. The Morgan fingerprint density at radius 2 is 1.95 bits per heavy atom. The Hall–Kier alpha value is -1.78. The van der Waals surface area contributed by atoms with Gasteiger partial charge >= 0.3 is 0 Å². The van der Waals surface area contributed by atoms with E-state index >= 15 is 0 Å². The number of thioether (sulfide) groups is 1. The number of benzene rings is 2. The molecule has 0 atom stereocenters. The van der Waals surface area contributed by atoms with Gasteiger partial charge in [0.1, 0.15) is 5.82 Å². The molecule has 0 aliphatic heterocycles. The van der Waals surface area contributed by atoms with Crippen LogP contribution in [0.3, 0.4) is 0 Å². The Labute approximate surface area is 132 Å². The van der Waals surface area contributed by atoms with E-state index in [0.29, 0.717) is 5.69 Å². The second-order valence-electron chi connectivity index (χ2n) is 4.22. The number of rotatable bonds is 4. The Bertz CT molecular complexity index is 670. The summed E-state index contributed by atoms with van der Waals surface area (Å²) in [6, 6.07) is 11.7. The van der Waals surface area contributed by atoms with Gasteiger partial charge in [0.2, 0.25) is 5.91 Å². The van der Waals surface area contributed by atoms with Crippen molar-refractivity contribution in [3.05, 3.63) is 64.9 Å².